The molecule has 4 heteroatoms. The molecule has 1 fully saturated rings. The highest BCUT2D eigenvalue weighted by atomic mass is 16.3. The zero-order chi connectivity index (χ0) is 16.0. The van der Waals surface area contributed by atoms with E-state index in [1.807, 2.05) is 12.3 Å². The molecule has 22 heavy (non-hydrogen) atoms. The van der Waals surface area contributed by atoms with Gasteiger partial charge >= 0.3 is 0 Å². The van der Waals surface area contributed by atoms with Gasteiger partial charge in [0.05, 0.1) is 6.54 Å². The maximum Gasteiger partial charge on any atom is 0.133 e. The molecule has 0 aromatic carbocycles. The first-order valence-corrected chi connectivity index (χ1v) is 7.84. The zero-order valence-corrected chi connectivity index (χ0v) is 13.4. The minimum Gasteiger partial charge on any atom is -0.377 e. The van der Waals surface area contributed by atoms with E-state index in [2.05, 4.69) is 27.8 Å². The third kappa shape index (κ3) is 4.94. The number of piperidine rings is 1. The highest BCUT2D eigenvalue weighted by molar-refractivity contribution is 5.77. The van der Waals surface area contributed by atoms with Crippen molar-refractivity contribution in [2.45, 2.75) is 51.2 Å². The third-order valence-corrected chi connectivity index (χ3v) is 3.92. The Morgan fingerprint density at radius 1 is 1.55 bits per heavy atom. The molecule has 0 amide bonds. The van der Waals surface area contributed by atoms with Gasteiger partial charge in [0.1, 0.15) is 11.4 Å². The zero-order valence-electron chi connectivity index (χ0n) is 13.4. The highest BCUT2D eigenvalue weighted by Gasteiger charge is 2.24. The first-order valence-electron chi connectivity index (χ1n) is 7.84. The molecular weight excluding hydrogens is 276 g/mol. The van der Waals surface area contributed by atoms with Crippen molar-refractivity contribution in [1.82, 2.24) is 9.88 Å². The van der Waals surface area contributed by atoms with Crippen LogP contribution in [-0.2, 0) is 4.79 Å². The minimum absolute atomic E-state index is 0.0505. The average Bonchev–Trinajstić information content (AvgIpc) is 2.47. The number of rotatable bonds is 4. The van der Waals surface area contributed by atoms with Gasteiger partial charge in [-0.25, -0.2) is 0 Å². The van der Waals surface area contributed by atoms with E-state index in [9.17, 15) is 9.90 Å². The van der Waals surface area contributed by atoms with Crippen LogP contribution < -0.4 is 0 Å². The predicted octanol–water partition coefficient (Wildman–Crippen LogP) is 2.34. The van der Waals surface area contributed by atoms with Gasteiger partial charge < -0.3 is 5.11 Å². The number of nitrogens with zero attached hydrogens (tertiary/aromatic N) is 2. The summed E-state index contributed by atoms with van der Waals surface area (Å²) >= 11 is 0. The van der Waals surface area contributed by atoms with Gasteiger partial charge in [-0.05, 0) is 44.9 Å². The highest BCUT2D eigenvalue weighted by Crippen LogP contribution is 2.29. The number of Topliss-reactive ketones (excluding diaryl/α,β-unsaturated/α-hetero) is 1. The van der Waals surface area contributed by atoms with Crippen LogP contribution in [0.25, 0.3) is 0 Å². The molecule has 1 aliphatic heterocycles. The lowest BCUT2D eigenvalue weighted by Gasteiger charge is -2.34. The fraction of sp³-hybridized carbons (Fsp3) is 0.556. The van der Waals surface area contributed by atoms with Crippen molar-refractivity contribution in [2.75, 3.05) is 13.1 Å². The van der Waals surface area contributed by atoms with E-state index in [-0.39, 0.29) is 12.2 Å². The maximum atomic E-state index is 11.1. The molecule has 1 saturated heterocycles. The number of hydrogen-bond donors (Lipinski definition) is 1. The predicted molar refractivity (Wildman–Crippen MR) is 86.1 cm³/mol. The summed E-state index contributed by atoms with van der Waals surface area (Å²) in [7, 11) is 0. The Balaban J connectivity index is 2.03. The van der Waals surface area contributed by atoms with Crippen LogP contribution in [0.5, 0.6) is 0 Å². The van der Waals surface area contributed by atoms with E-state index in [4.69, 9.17) is 0 Å². The second-order valence-corrected chi connectivity index (χ2v) is 6.22. The van der Waals surface area contributed by atoms with Crippen LogP contribution in [-0.4, -0.2) is 39.5 Å². The van der Waals surface area contributed by atoms with Gasteiger partial charge in [-0.2, -0.15) is 0 Å². The normalized spacial score (nSPS) is 21.5. The number of pyridine rings is 1. The summed E-state index contributed by atoms with van der Waals surface area (Å²) in [6.07, 6.45) is 7.27. The lowest BCUT2D eigenvalue weighted by molar-refractivity contribution is -0.119. The topological polar surface area (TPSA) is 53.4 Å². The third-order valence-electron chi connectivity index (χ3n) is 3.92. The Bertz CT molecular complexity index is 557. The fourth-order valence-corrected chi connectivity index (χ4v) is 2.99. The largest absolute Gasteiger partial charge is 0.377 e. The Hall–Kier alpha value is -1.70. The van der Waals surface area contributed by atoms with E-state index < -0.39 is 5.60 Å². The smallest absolute Gasteiger partial charge is 0.133 e. The number of carbonyl (C=O) groups is 1. The van der Waals surface area contributed by atoms with Crippen LogP contribution in [0.4, 0.5) is 0 Å². The number of ketones is 1. The van der Waals surface area contributed by atoms with Gasteiger partial charge in [-0.1, -0.05) is 24.3 Å². The van der Waals surface area contributed by atoms with Gasteiger partial charge in [0.2, 0.25) is 0 Å². The molecule has 0 spiro atoms. The van der Waals surface area contributed by atoms with E-state index in [0.29, 0.717) is 12.6 Å². The number of hydrogen-bond acceptors (Lipinski definition) is 4. The molecular formula is C18H24N2O2. The average molecular weight is 300 g/mol. The van der Waals surface area contributed by atoms with Crippen LogP contribution in [0.15, 0.2) is 24.5 Å². The van der Waals surface area contributed by atoms with E-state index >= 15 is 0 Å². The number of aliphatic hydroxyl groups is 1. The molecule has 2 rings (SSSR count). The van der Waals surface area contributed by atoms with Crippen molar-refractivity contribution in [2.24, 2.45) is 0 Å². The second-order valence-electron chi connectivity index (χ2n) is 6.22. The van der Waals surface area contributed by atoms with Crippen LogP contribution in [0.3, 0.4) is 0 Å². The van der Waals surface area contributed by atoms with Gasteiger partial charge in [0.25, 0.3) is 0 Å². The van der Waals surface area contributed by atoms with Crippen molar-refractivity contribution in [3.05, 3.63) is 30.1 Å². The van der Waals surface area contributed by atoms with Crippen LogP contribution in [0.2, 0.25) is 0 Å². The summed E-state index contributed by atoms with van der Waals surface area (Å²) in [6, 6.07) is 4.41. The van der Waals surface area contributed by atoms with Crippen LogP contribution >= 0.6 is 0 Å². The molecule has 2 heterocycles. The van der Waals surface area contributed by atoms with Crippen molar-refractivity contribution in [1.29, 1.82) is 0 Å². The Morgan fingerprint density at radius 2 is 2.36 bits per heavy atom. The van der Waals surface area contributed by atoms with Crippen molar-refractivity contribution < 1.29 is 9.90 Å². The van der Waals surface area contributed by atoms with Gasteiger partial charge in [-0.15, -0.1) is 0 Å². The second kappa shape index (κ2) is 7.53. The van der Waals surface area contributed by atoms with Crippen molar-refractivity contribution in [3.8, 4) is 11.8 Å². The molecule has 2 atom stereocenters. The molecule has 0 unspecified atom stereocenters. The van der Waals surface area contributed by atoms with Crippen molar-refractivity contribution in [3.63, 3.8) is 0 Å². The summed E-state index contributed by atoms with van der Waals surface area (Å²) in [5.41, 5.74) is -0.00898. The SMILES string of the molecule is CC(=O)C[C@](C)(O)C#CCN1CCCC[C@@H]1c1cccnc1. The molecule has 0 saturated carbocycles. The molecule has 0 bridgehead atoms. The minimum atomic E-state index is -1.23. The van der Waals surface area contributed by atoms with E-state index in [1.165, 1.54) is 25.3 Å². The Morgan fingerprint density at radius 3 is 3.05 bits per heavy atom. The summed E-state index contributed by atoms with van der Waals surface area (Å²) in [6.45, 7) is 4.67. The van der Waals surface area contributed by atoms with Gasteiger partial charge in [0.15, 0.2) is 0 Å². The summed E-state index contributed by atoms with van der Waals surface area (Å²) in [5.74, 6) is 5.84. The molecule has 1 aromatic rings. The summed E-state index contributed by atoms with van der Waals surface area (Å²) < 4.78 is 0. The Labute approximate surface area is 132 Å². The van der Waals surface area contributed by atoms with Crippen LogP contribution in [0.1, 0.15) is 51.1 Å². The van der Waals surface area contributed by atoms with Gasteiger partial charge in [-0.3, -0.25) is 14.7 Å². The molecule has 4 nitrogen and oxygen atoms in total. The number of carbonyl (C=O) groups excluding carboxylic acids is 1. The summed E-state index contributed by atoms with van der Waals surface area (Å²) in [4.78, 5) is 17.7. The van der Waals surface area contributed by atoms with E-state index in [0.717, 1.165) is 13.0 Å². The molecule has 1 aliphatic rings. The standard InChI is InChI=1S/C18H24N2O2/c1-15(21)13-18(2,22)9-6-12-20-11-4-3-8-17(20)16-7-5-10-19-14-16/h5,7,10,14,17,22H,3-4,8,11-13H2,1-2H3/t17-,18-/m1/s1. The first-order chi connectivity index (χ1) is 10.5. The maximum absolute atomic E-state index is 11.1. The molecule has 1 aromatic heterocycles. The number of aromatic nitrogens is 1. The first kappa shape index (κ1) is 16.7. The van der Waals surface area contributed by atoms with Gasteiger partial charge in [0, 0.05) is 24.9 Å². The van der Waals surface area contributed by atoms with Crippen LogP contribution in [0, 0.1) is 11.8 Å². The lowest BCUT2D eigenvalue weighted by Crippen LogP contribution is -2.34. The monoisotopic (exact) mass is 300 g/mol. The summed E-state index contributed by atoms with van der Waals surface area (Å²) in [5, 5.41) is 10.1. The lowest BCUT2D eigenvalue weighted by atomic mass is 9.96. The molecule has 0 aliphatic carbocycles. The molecule has 118 valence electrons. The van der Waals surface area contributed by atoms with Crippen molar-refractivity contribution >= 4 is 5.78 Å². The quantitative estimate of drug-likeness (QED) is 0.867. The molecule has 1 N–H and O–H groups in total. The van der Waals surface area contributed by atoms with E-state index in [1.54, 1.807) is 13.1 Å². The Kier molecular flexibility index (Phi) is 5.70. The number of likely N-dealkylation sites (tertiary alicyclic amines) is 1. The molecule has 0 radical (unpaired) electrons. The fourth-order valence-electron chi connectivity index (χ4n) is 2.99.